The smallest absolute Gasteiger partial charge is 0.336 e. The van der Waals surface area contributed by atoms with Gasteiger partial charge in [-0.2, -0.15) is 0 Å². The van der Waals surface area contributed by atoms with Crippen molar-refractivity contribution in [1.29, 1.82) is 0 Å². The van der Waals surface area contributed by atoms with Crippen LogP contribution in [0, 0.1) is 0 Å². The highest BCUT2D eigenvalue weighted by molar-refractivity contribution is 9.06. The fourth-order valence-corrected chi connectivity index (χ4v) is 1.08. The topological polar surface area (TPSA) is 124 Å². The SMILES string of the molecule is O=C[C@H](O)[C@@H](O)[C@H](O)[C@H](OBr)C(=O)O. The lowest BCUT2D eigenvalue weighted by Gasteiger charge is -2.22. The van der Waals surface area contributed by atoms with Gasteiger partial charge in [0.15, 0.2) is 12.4 Å². The Hall–Kier alpha value is -0.540. The Morgan fingerprint density at radius 1 is 1.29 bits per heavy atom. The molecule has 0 aliphatic heterocycles. The summed E-state index contributed by atoms with van der Waals surface area (Å²) in [5, 5.41) is 35.4. The number of aldehydes is 1. The molecule has 0 aromatic heterocycles. The maximum Gasteiger partial charge on any atom is 0.336 e. The van der Waals surface area contributed by atoms with Crippen LogP contribution in [-0.2, 0) is 13.4 Å². The Kier molecular flexibility index (Phi) is 5.81. The number of hydrogen-bond donors (Lipinski definition) is 4. The second-order valence-electron chi connectivity index (χ2n) is 2.46. The Balaban J connectivity index is 4.48. The van der Waals surface area contributed by atoms with E-state index in [0.717, 1.165) is 0 Å². The number of aliphatic carboxylic acids is 1. The van der Waals surface area contributed by atoms with E-state index in [-0.39, 0.29) is 6.29 Å². The summed E-state index contributed by atoms with van der Waals surface area (Å²) in [5.41, 5.74) is 0. The zero-order valence-electron chi connectivity index (χ0n) is 6.78. The van der Waals surface area contributed by atoms with Crippen molar-refractivity contribution in [2.24, 2.45) is 0 Å². The van der Waals surface area contributed by atoms with Gasteiger partial charge in [-0.05, 0) is 0 Å². The number of aliphatic hydroxyl groups is 3. The van der Waals surface area contributed by atoms with Crippen molar-refractivity contribution in [1.82, 2.24) is 0 Å². The van der Waals surface area contributed by atoms with E-state index < -0.39 is 30.4 Å². The normalized spacial score (nSPS) is 19.4. The van der Waals surface area contributed by atoms with Crippen LogP contribution in [0.15, 0.2) is 0 Å². The average molecular weight is 273 g/mol. The van der Waals surface area contributed by atoms with Gasteiger partial charge < -0.3 is 25.2 Å². The van der Waals surface area contributed by atoms with E-state index >= 15 is 0 Å². The van der Waals surface area contributed by atoms with Crippen LogP contribution >= 0.6 is 16.3 Å². The van der Waals surface area contributed by atoms with Gasteiger partial charge in [-0.25, -0.2) is 4.79 Å². The van der Waals surface area contributed by atoms with Crippen LogP contribution in [0.1, 0.15) is 0 Å². The molecule has 8 heteroatoms. The lowest BCUT2D eigenvalue weighted by atomic mass is 10.0. The lowest BCUT2D eigenvalue weighted by molar-refractivity contribution is -0.158. The summed E-state index contributed by atoms with van der Waals surface area (Å²) in [5.74, 6) is -1.55. The molecule has 0 amide bonds. The van der Waals surface area contributed by atoms with Crippen molar-refractivity contribution in [3.05, 3.63) is 0 Å². The summed E-state index contributed by atoms with van der Waals surface area (Å²) < 4.78 is 4.17. The first-order chi connectivity index (χ1) is 6.45. The van der Waals surface area contributed by atoms with Crippen molar-refractivity contribution in [3.63, 3.8) is 0 Å². The molecule has 0 saturated heterocycles. The molecule has 0 unspecified atom stereocenters. The molecule has 0 rings (SSSR count). The molecule has 0 aromatic carbocycles. The molecule has 14 heavy (non-hydrogen) atoms. The van der Waals surface area contributed by atoms with Crippen LogP contribution < -0.4 is 0 Å². The number of hydrogen-bond acceptors (Lipinski definition) is 6. The first kappa shape index (κ1) is 13.5. The largest absolute Gasteiger partial charge is 0.479 e. The van der Waals surface area contributed by atoms with E-state index in [9.17, 15) is 9.59 Å². The number of rotatable bonds is 6. The summed E-state index contributed by atoms with van der Waals surface area (Å²) in [7, 11) is 0. The predicted molar refractivity (Wildman–Crippen MR) is 45.5 cm³/mol. The number of halogens is 1. The van der Waals surface area contributed by atoms with Crippen molar-refractivity contribution >= 4 is 28.5 Å². The number of carboxylic acid groups (broad SMARTS) is 1. The minimum atomic E-state index is -1.92. The lowest BCUT2D eigenvalue weighted by Crippen LogP contribution is -2.48. The van der Waals surface area contributed by atoms with E-state index in [0.29, 0.717) is 0 Å². The molecular weight excluding hydrogens is 264 g/mol. The summed E-state index contributed by atoms with van der Waals surface area (Å²) in [4.78, 5) is 20.4. The third-order valence-corrected chi connectivity index (χ3v) is 1.89. The Morgan fingerprint density at radius 3 is 2.07 bits per heavy atom. The van der Waals surface area contributed by atoms with Gasteiger partial charge in [0.25, 0.3) is 0 Å². The van der Waals surface area contributed by atoms with E-state index in [1.165, 1.54) is 0 Å². The number of aliphatic hydroxyl groups excluding tert-OH is 3. The maximum atomic E-state index is 10.4. The first-order valence-corrected chi connectivity index (χ1v) is 4.10. The number of carboxylic acids is 1. The molecular formula is C6H9BrO7. The molecule has 0 radical (unpaired) electrons. The van der Waals surface area contributed by atoms with Gasteiger partial charge in [-0.3, -0.25) is 3.83 Å². The van der Waals surface area contributed by atoms with Crippen molar-refractivity contribution in [2.45, 2.75) is 24.4 Å². The van der Waals surface area contributed by atoms with E-state index in [4.69, 9.17) is 20.4 Å². The molecule has 0 aliphatic carbocycles. The highest BCUT2D eigenvalue weighted by Crippen LogP contribution is 2.10. The predicted octanol–water partition coefficient (Wildman–Crippen LogP) is -1.95. The number of carbonyl (C=O) groups excluding carboxylic acids is 1. The van der Waals surface area contributed by atoms with Crippen LogP contribution in [0.4, 0.5) is 0 Å². The molecule has 0 spiro atoms. The van der Waals surface area contributed by atoms with Crippen LogP contribution in [0.2, 0.25) is 0 Å². The fraction of sp³-hybridized carbons (Fsp3) is 0.667. The zero-order chi connectivity index (χ0) is 11.3. The van der Waals surface area contributed by atoms with E-state index in [2.05, 4.69) is 20.1 Å². The van der Waals surface area contributed by atoms with Gasteiger partial charge in [-0.15, -0.1) is 0 Å². The average Bonchev–Trinajstić information content (AvgIpc) is 2.15. The van der Waals surface area contributed by atoms with Crippen molar-refractivity contribution in [2.75, 3.05) is 0 Å². The molecule has 0 aromatic rings. The first-order valence-electron chi connectivity index (χ1n) is 3.45. The molecule has 4 N–H and O–H groups in total. The van der Waals surface area contributed by atoms with Gasteiger partial charge in [0, 0.05) is 0 Å². The standard InChI is InChI=1S/C6H9BrO7/c7-14-5(6(12)13)4(11)3(10)2(9)1-8/h1-5,9-11H,(H,12,13)/t2-,3+,4-,5-/m0/s1. The van der Waals surface area contributed by atoms with Gasteiger partial charge in [0.1, 0.15) is 18.3 Å². The Morgan fingerprint density at radius 2 is 1.79 bits per heavy atom. The minimum absolute atomic E-state index is 0.0268. The third kappa shape index (κ3) is 3.31. The van der Waals surface area contributed by atoms with Crippen LogP contribution in [-0.4, -0.2) is 57.1 Å². The zero-order valence-corrected chi connectivity index (χ0v) is 8.36. The minimum Gasteiger partial charge on any atom is -0.479 e. The summed E-state index contributed by atoms with van der Waals surface area (Å²) in [6, 6.07) is 0. The van der Waals surface area contributed by atoms with Crippen LogP contribution in [0.5, 0.6) is 0 Å². The maximum absolute atomic E-state index is 10.4. The molecule has 0 saturated carbocycles. The quantitative estimate of drug-likeness (QED) is 0.414. The Labute approximate surface area is 87.4 Å². The summed E-state index contributed by atoms with van der Waals surface area (Å²) in [6.07, 6.45) is -7.52. The second kappa shape index (κ2) is 6.04. The molecule has 82 valence electrons. The van der Waals surface area contributed by atoms with Gasteiger partial charge >= 0.3 is 5.97 Å². The van der Waals surface area contributed by atoms with Gasteiger partial charge in [0.05, 0.1) is 16.3 Å². The molecule has 7 nitrogen and oxygen atoms in total. The molecule has 0 aliphatic rings. The van der Waals surface area contributed by atoms with E-state index in [1.54, 1.807) is 0 Å². The highest BCUT2D eigenvalue weighted by atomic mass is 79.9. The summed E-state index contributed by atoms with van der Waals surface area (Å²) >= 11 is 2.33. The van der Waals surface area contributed by atoms with Gasteiger partial charge in [-0.1, -0.05) is 0 Å². The monoisotopic (exact) mass is 272 g/mol. The highest BCUT2D eigenvalue weighted by Gasteiger charge is 2.36. The third-order valence-electron chi connectivity index (χ3n) is 1.49. The van der Waals surface area contributed by atoms with Gasteiger partial charge in [0.2, 0.25) is 0 Å². The Bertz CT molecular complexity index is 208. The molecule has 0 heterocycles. The van der Waals surface area contributed by atoms with Crippen LogP contribution in [0.3, 0.4) is 0 Å². The van der Waals surface area contributed by atoms with E-state index in [1.807, 2.05) is 0 Å². The molecule has 0 bridgehead atoms. The molecule has 0 fully saturated rings. The van der Waals surface area contributed by atoms with Crippen molar-refractivity contribution < 1.29 is 33.8 Å². The second-order valence-corrected chi connectivity index (χ2v) is 2.83. The fourth-order valence-electron chi connectivity index (χ4n) is 0.698. The summed E-state index contributed by atoms with van der Waals surface area (Å²) in [6.45, 7) is 0. The number of carbonyl (C=O) groups is 2. The van der Waals surface area contributed by atoms with Crippen LogP contribution in [0.25, 0.3) is 0 Å². The molecule has 4 atom stereocenters. The van der Waals surface area contributed by atoms with Crippen molar-refractivity contribution in [3.8, 4) is 0 Å².